The summed E-state index contributed by atoms with van der Waals surface area (Å²) in [5.74, 6) is 0. The third kappa shape index (κ3) is 4.88. The second-order valence-electron chi connectivity index (χ2n) is 3.67. The Morgan fingerprint density at radius 1 is 1.14 bits per heavy atom. The van der Waals surface area contributed by atoms with Crippen LogP contribution in [0.25, 0.3) is 0 Å². The van der Waals surface area contributed by atoms with E-state index < -0.39 is 8.56 Å². The van der Waals surface area contributed by atoms with Gasteiger partial charge >= 0.3 is 8.56 Å². The van der Waals surface area contributed by atoms with Crippen LogP contribution in [0.3, 0.4) is 0 Å². The SMILES string of the molecule is CCP(C)CCC[Si](CC)(OC)OC. The minimum absolute atomic E-state index is 0.265. The molecule has 0 aliphatic heterocycles. The molecule has 0 fully saturated rings. The summed E-state index contributed by atoms with van der Waals surface area (Å²) >= 11 is 0. The van der Waals surface area contributed by atoms with Crippen LogP contribution in [0.15, 0.2) is 0 Å². The van der Waals surface area contributed by atoms with Crippen LogP contribution >= 0.6 is 7.92 Å². The molecule has 0 aliphatic carbocycles. The second-order valence-corrected chi connectivity index (χ2v) is 10.3. The van der Waals surface area contributed by atoms with Gasteiger partial charge in [0.15, 0.2) is 0 Å². The zero-order valence-electron chi connectivity index (χ0n) is 10.3. The van der Waals surface area contributed by atoms with Crippen molar-refractivity contribution in [3.8, 4) is 0 Å². The molecule has 0 spiro atoms. The average Bonchev–Trinajstić information content (AvgIpc) is 2.25. The Kier molecular flexibility index (Phi) is 8.12. The molecular formula is C10H25O2PSi. The van der Waals surface area contributed by atoms with Crippen molar-refractivity contribution >= 4 is 16.5 Å². The van der Waals surface area contributed by atoms with Crippen LogP contribution in [0.1, 0.15) is 20.3 Å². The Bertz CT molecular complexity index is 132. The van der Waals surface area contributed by atoms with Gasteiger partial charge in [0.25, 0.3) is 0 Å². The molecule has 0 N–H and O–H groups in total. The lowest BCUT2D eigenvalue weighted by Crippen LogP contribution is -2.39. The first-order valence-corrected chi connectivity index (χ1v) is 9.82. The van der Waals surface area contributed by atoms with E-state index in [1.165, 1.54) is 18.7 Å². The van der Waals surface area contributed by atoms with E-state index in [2.05, 4.69) is 20.5 Å². The highest BCUT2D eigenvalue weighted by Gasteiger charge is 2.32. The van der Waals surface area contributed by atoms with Crippen molar-refractivity contribution in [2.45, 2.75) is 32.4 Å². The van der Waals surface area contributed by atoms with E-state index in [1.807, 2.05) is 0 Å². The molecular weight excluding hydrogens is 211 g/mol. The maximum absolute atomic E-state index is 5.58. The molecule has 86 valence electrons. The third-order valence-electron chi connectivity index (χ3n) is 2.92. The van der Waals surface area contributed by atoms with Crippen molar-refractivity contribution in [3.63, 3.8) is 0 Å². The molecule has 4 heteroatoms. The van der Waals surface area contributed by atoms with Crippen molar-refractivity contribution in [2.24, 2.45) is 0 Å². The number of hydrogen-bond acceptors (Lipinski definition) is 2. The molecule has 0 radical (unpaired) electrons. The van der Waals surface area contributed by atoms with Crippen molar-refractivity contribution < 1.29 is 8.85 Å². The molecule has 0 bridgehead atoms. The zero-order valence-corrected chi connectivity index (χ0v) is 12.2. The molecule has 2 nitrogen and oxygen atoms in total. The fourth-order valence-electron chi connectivity index (χ4n) is 1.53. The van der Waals surface area contributed by atoms with Crippen LogP contribution in [-0.4, -0.2) is 41.8 Å². The van der Waals surface area contributed by atoms with Gasteiger partial charge in [-0.2, -0.15) is 0 Å². The summed E-state index contributed by atoms with van der Waals surface area (Å²) < 4.78 is 11.2. The fraction of sp³-hybridized carbons (Fsp3) is 1.00. The highest BCUT2D eigenvalue weighted by Crippen LogP contribution is 2.32. The molecule has 0 amide bonds. The summed E-state index contributed by atoms with van der Waals surface area (Å²) in [5.41, 5.74) is 0. The van der Waals surface area contributed by atoms with E-state index in [1.54, 1.807) is 14.2 Å². The van der Waals surface area contributed by atoms with Gasteiger partial charge in [0.1, 0.15) is 0 Å². The van der Waals surface area contributed by atoms with Gasteiger partial charge < -0.3 is 8.85 Å². The second kappa shape index (κ2) is 7.81. The summed E-state index contributed by atoms with van der Waals surface area (Å²) in [6, 6.07) is 2.22. The van der Waals surface area contributed by atoms with Gasteiger partial charge in [-0.3, -0.25) is 0 Å². The summed E-state index contributed by atoms with van der Waals surface area (Å²) in [4.78, 5) is 0. The first-order valence-electron chi connectivity index (χ1n) is 5.43. The van der Waals surface area contributed by atoms with Gasteiger partial charge in [0, 0.05) is 14.2 Å². The van der Waals surface area contributed by atoms with Gasteiger partial charge in [0.2, 0.25) is 0 Å². The Labute approximate surface area is 91.4 Å². The van der Waals surface area contributed by atoms with E-state index in [0.717, 1.165) is 12.1 Å². The largest absolute Gasteiger partial charge is 0.398 e. The highest BCUT2D eigenvalue weighted by molar-refractivity contribution is 7.56. The Balaban J connectivity index is 3.82. The Morgan fingerprint density at radius 3 is 2.07 bits per heavy atom. The maximum atomic E-state index is 5.58. The molecule has 14 heavy (non-hydrogen) atoms. The summed E-state index contributed by atoms with van der Waals surface area (Å²) in [5, 5.41) is 0. The molecule has 0 saturated carbocycles. The first kappa shape index (κ1) is 14.6. The molecule has 0 rings (SSSR count). The standard InChI is InChI=1S/C10H25O2PSi/c1-6-13(5)9-8-10-14(7-2,11-3)12-4/h6-10H2,1-5H3. The van der Waals surface area contributed by atoms with E-state index in [9.17, 15) is 0 Å². The highest BCUT2D eigenvalue weighted by atomic mass is 31.1. The van der Waals surface area contributed by atoms with Gasteiger partial charge in [-0.25, -0.2) is 0 Å². The molecule has 0 heterocycles. The van der Waals surface area contributed by atoms with Crippen LogP contribution in [0, 0.1) is 0 Å². The van der Waals surface area contributed by atoms with Gasteiger partial charge in [0.05, 0.1) is 0 Å². The minimum atomic E-state index is -1.79. The fourth-order valence-corrected chi connectivity index (χ4v) is 5.06. The molecule has 0 aromatic rings. The number of rotatable bonds is 8. The minimum Gasteiger partial charge on any atom is -0.398 e. The topological polar surface area (TPSA) is 18.5 Å². The summed E-state index contributed by atoms with van der Waals surface area (Å²) in [6.45, 7) is 6.83. The normalized spacial score (nSPS) is 14.4. The lowest BCUT2D eigenvalue weighted by Gasteiger charge is -2.26. The Morgan fingerprint density at radius 2 is 1.71 bits per heavy atom. The number of hydrogen-bond donors (Lipinski definition) is 0. The van der Waals surface area contributed by atoms with Crippen LogP contribution in [0.5, 0.6) is 0 Å². The van der Waals surface area contributed by atoms with Crippen LogP contribution in [0.2, 0.25) is 12.1 Å². The third-order valence-corrected chi connectivity index (χ3v) is 8.76. The lowest BCUT2D eigenvalue weighted by atomic mass is 10.6. The molecule has 1 unspecified atom stereocenters. The molecule has 0 aromatic carbocycles. The van der Waals surface area contributed by atoms with Gasteiger partial charge in [-0.05, 0) is 37.5 Å². The maximum Gasteiger partial charge on any atom is 0.337 e. The van der Waals surface area contributed by atoms with Crippen molar-refractivity contribution in [2.75, 3.05) is 33.2 Å². The predicted octanol–water partition coefficient (Wildman–Crippen LogP) is 3.26. The van der Waals surface area contributed by atoms with E-state index >= 15 is 0 Å². The Hall–Kier alpha value is 0.567. The first-order chi connectivity index (χ1) is 6.64. The van der Waals surface area contributed by atoms with Crippen LogP contribution in [-0.2, 0) is 8.85 Å². The lowest BCUT2D eigenvalue weighted by molar-refractivity contribution is 0.242. The van der Waals surface area contributed by atoms with E-state index in [-0.39, 0.29) is 7.92 Å². The van der Waals surface area contributed by atoms with Crippen molar-refractivity contribution in [1.82, 2.24) is 0 Å². The van der Waals surface area contributed by atoms with Gasteiger partial charge in [-0.15, -0.1) is 7.92 Å². The van der Waals surface area contributed by atoms with E-state index in [4.69, 9.17) is 8.85 Å². The monoisotopic (exact) mass is 236 g/mol. The molecule has 0 aromatic heterocycles. The van der Waals surface area contributed by atoms with Crippen LogP contribution in [0.4, 0.5) is 0 Å². The average molecular weight is 236 g/mol. The molecule has 1 atom stereocenters. The zero-order chi connectivity index (χ0) is 11.0. The van der Waals surface area contributed by atoms with E-state index in [0.29, 0.717) is 0 Å². The van der Waals surface area contributed by atoms with Crippen LogP contribution < -0.4 is 0 Å². The predicted molar refractivity (Wildman–Crippen MR) is 67.9 cm³/mol. The molecule has 0 aliphatic rings. The summed E-state index contributed by atoms with van der Waals surface area (Å²) in [6.07, 6.45) is 3.99. The van der Waals surface area contributed by atoms with Crippen molar-refractivity contribution in [1.29, 1.82) is 0 Å². The quantitative estimate of drug-likeness (QED) is 0.476. The summed E-state index contributed by atoms with van der Waals surface area (Å²) in [7, 11) is 2.08. The van der Waals surface area contributed by atoms with Gasteiger partial charge in [-0.1, -0.05) is 13.8 Å². The smallest absolute Gasteiger partial charge is 0.337 e. The van der Waals surface area contributed by atoms with Crippen molar-refractivity contribution in [3.05, 3.63) is 0 Å². The molecule has 0 saturated heterocycles.